The van der Waals surface area contributed by atoms with Gasteiger partial charge in [0.05, 0.1) is 0 Å². The average molecular weight is 188 g/mol. The average Bonchev–Trinajstić information content (AvgIpc) is 2.42. The quantitative estimate of drug-likeness (QED) is 0.689. The van der Waals surface area contributed by atoms with Crippen molar-refractivity contribution in [2.75, 3.05) is 18.0 Å². The number of benzene rings is 1. The van der Waals surface area contributed by atoms with Gasteiger partial charge in [0.2, 0.25) is 0 Å². The van der Waals surface area contributed by atoms with Crippen LogP contribution in [0, 0.1) is 6.92 Å². The molecular weight excluding hydrogens is 170 g/mol. The Balaban J connectivity index is 2.27. The first-order valence-corrected chi connectivity index (χ1v) is 5.54. The Morgan fingerprint density at radius 3 is 2.93 bits per heavy atom. The highest BCUT2D eigenvalue weighted by Gasteiger charge is 2.12. The maximum Gasteiger partial charge on any atom is 0.0398 e. The largest absolute Gasteiger partial charge is 0.371 e. The van der Waals surface area contributed by atoms with E-state index in [0.29, 0.717) is 0 Å². The summed E-state index contributed by atoms with van der Waals surface area (Å²) >= 11 is 0. The van der Waals surface area contributed by atoms with Gasteiger partial charge in [-0.15, -0.1) is 0 Å². The standard InChI is InChI=1S/C13H18N/c1-2-10-14-11-6-5-8-12-7-3-4-9-13(12)14/h3-4,7,9H,1-2,5-6,8,10-11H2. The molecule has 0 bridgehead atoms. The molecule has 1 aliphatic rings. The molecule has 75 valence electrons. The van der Waals surface area contributed by atoms with Gasteiger partial charge in [-0.25, -0.2) is 0 Å². The molecule has 1 aromatic rings. The van der Waals surface area contributed by atoms with E-state index in [-0.39, 0.29) is 0 Å². The van der Waals surface area contributed by atoms with Crippen molar-refractivity contribution in [3.63, 3.8) is 0 Å². The third kappa shape index (κ3) is 1.92. The third-order valence-corrected chi connectivity index (χ3v) is 2.88. The number of rotatable bonds is 2. The first kappa shape index (κ1) is 9.57. The van der Waals surface area contributed by atoms with Crippen molar-refractivity contribution in [2.45, 2.75) is 25.7 Å². The second-order valence-corrected chi connectivity index (χ2v) is 3.93. The van der Waals surface area contributed by atoms with Crippen LogP contribution in [-0.4, -0.2) is 13.1 Å². The van der Waals surface area contributed by atoms with Gasteiger partial charge in [-0.3, -0.25) is 0 Å². The van der Waals surface area contributed by atoms with Crippen LogP contribution in [0.25, 0.3) is 0 Å². The molecular formula is C13H18N. The molecule has 0 aromatic heterocycles. The van der Waals surface area contributed by atoms with Crippen molar-refractivity contribution in [3.8, 4) is 0 Å². The van der Waals surface area contributed by atoms with Crippen molar-refractivity contribution in [2.24, 2.45) is 0 Å². The lowest BCUT2D eigenvalue weighted by Gasteiger charge is -2.24. The van der Waals surface area contributed by atoms with Crippen LogP contribution in [-0.2, 0) is 6.42 Å². The van der Waals surface area contributed by atoms with Gasteiger partial charge < -0.3 is 4.90 Å². The zero-order valence-electron chi connectivity index (χ0n) is 8.71. The van der Waals surface area contributed by atoms with Crippen LogP contribution < -0.4 is 4.90 Å². The summed E-state index contributed by atoms with van der Waals surface area (Å²) < 4.78 is 0. The molecule has 1 radical (unpaired) electrons. The first-order chi connectivity index (χ1) is 6.92. The minimum Gasteiger partial charge on any atom is -0.371 e. The summed E-state index contributed by atoms with van der Waals surface area (Å²) in [6, 6.07) is 8.79. The Morgan fingerprint density at radius 1 is 1.21 bits per heavy atom. The molecule has 0 saturated heterocycles. The van der Waals surface area contributed by atoms with Crippen LogP contribution in [0.4, 0.5) is 5.69 Å². The predicted octanol–water partition coefficient (Wildman–Crippen LogP) is 3.05. The molecule has 1 heterocycles. The Hall–Kier alpha value is -0.980. The molecule has 0 spiro atoms. The number of para-hydroxylation sites is 1. The molecule has 1 aliphatic heterocycles. The van der Waals surface area contributed by atoms with Crippen LogP contribution in [0.1, 0.15) is 24.8 Å². The normalized spacial score (nSPS) is 16.2. The van der Waals surface area contributed by atoms with E-state index in [9.17, 15) is 0 Å². The monoisotopic (exact) mass is 188 g/mol. The van der Waals surface area contributed by atoms with Gasteiger partial charge in [0.25, 0.3) is 0 Å². The highest BCUT2D eigenvalue weighted by Crippen LogP contribution is 2.25. The molecule has 0 aliphatic carbocycles. The van der Waals surface area contributed by atoms with E-state index < -0.39 is 0 Å². The fourth-order valence-corrected chi connectivity index (χ4v) is 2.19. The summed E-state index contributed by atoms with van der Waals surface area (Å²) in [5, 5.41) is 0. The van der Waals surface area contributed by atoms with Crippen molar-refractivity contribution < 1.29 is 0 Å². The van der Waals surface area contributed by atoms with E-state index in [1.165, 1.54) is 37.1 Å². The fraction of sp³-hybridized carbons (Fsp3) is 0.462. The van der Waals surface area contributed by atoms with E-state index in [1.54, 1.807) is 0 Å². The van der Waals surface area contributed by atoms with Crippen LogP contribution in [0.3, 0.4) is 0 Å². The lowest BCUT2D eigenvalue weighted by Crippen LogP contribution is -2.24. The lowest BCUT2D eigenvalue weighted by molar-refractivity contribution is 0.714. The van der Waals surface area contributed by atoms with Crippen LogP contribution in [0.15, 0.2) is 24.3 Å². The van der Waals surface area contributed by atoms with Gasteiger partial charge in [-0.05, 0) is 37.3 Å². The third-order valence-electron chi connectivity index (χ3n) is 2.88. The molecule has 2 rings (SSSR count). The molecule has 1 aromatic carbocycles. The van der Waals surface area contributed by atoms with E-state index in [2.05, 4.69) is 36.1 Å². The first-order valence-electron chi connectivity index (χ1n) is 5.54. The summed E-state index contributed by atoms with van der Waals surface area (Å²) in [5.74, 6) is 0. The van der Waals surface area contributed by atoms with Gasteiger partial charge in [0.15, 0.2) is 0 Å². The summed E-state index contributed by atoms with van der Waals surface area (Å²) in [4.78, 5) is 2.48. The Labute approximate surface area is 86.7 Å². The number of hydrogen-bond acceptors (Lipinski definition) is 1. The van der Waals surface area contributed by atoms with Gasteiger partial charge in [-0.2, -0.15) is 0 Å². The maximum atomic E-state index is 3.94. The molecule has 1 heteroatoms. The number of aryl methyl sites for hydroxylation is 1. The van der Waals surface area contributed by atoms with Gasteiger partial charge in [-0.1, -0.05) is 25.1 Å². The van der Waals surface area contributed by atoms with Crippen molar-refractivity contribution in [1.82, 2.24) is 0 Å². The van der Waals surface area contributed by atoms with Crippen molar-refractivity contribution >= 4 is 5.69 Å². The summed E-state index contributed by atoms with van der Waals surface area (Å²) in [5.41, 5.74) is 2.95. The van der Waals surface area contributed by atoms with Gasteiger partial charge >= 0.3 is 0 Å². The van der Waals surface area contributed by atoms with Crippen molar-refractivity contribution in [3.05, 3.63) is 36.8 Å². The maximum absolute atomic E-state index is 3.94. The second kappa shape index (κ2) is 4.50. The SMILES string of the molecule is [CH2]CCN1CCCCc2ccccc21. The minimum absolute atomic E-state index is 0.994. The Kier molecular flexibility index (Phi) is 3.07. The van der Waals surface area contributed by atoms with E-state index in [4.69, 9.17) is 0 Å². The topological polar surface area (TPSA) is 3.24 Å². The minimum atomic E-state index is 0.994. The van der Waals surface area contributed by atoms with Gasteiger partial charge in [0.1, 0.15) is 0 Å². The Bertz CT molecular complexity index is 293. The molecule has 14 heavy (non-hydrogen) atoms. The molecule has 0 atom stereocenters. The number of nitrogens with zero attached hydrogens (tertiary/aromatic N) is 1. The molecule has 0 N–H and O–H groups in total. The molecule has 0 amide bonds. The van der Waals surface area contributed by atoms with E-state index in [1.807, 2.05) is 0 Å². The van der Waals surface area contributed by atoms with E-state index >= 15 is 0 Å². The van der Waals surface area contributed by atoms with Crippen LogP contribution >= 0.6 is 0 Å². The second-order valence-electron chi connectivity index (χ2n) is 3.93. The zero-order valence-corrected chi connectivity index (χ0v) is 8.71. The molecule has 0 unspecified atom stereocenters. The molecule has 0 saturated carbocycles. The zero-order chi connectivity index (χ0) is 9.80. The molecule has 0 fully saturated rings. The summed E-state index contributed by atoms with van der Waals surface area (Å²) in [7, 11) is 0. The highest BCUT2D eigenvalue weighted by molar-refractivity contribution is 5.54. The van der Waals surface area contributed by atoms with Gasteiger partial charge in [0, 0.05) is 18.8 Å². The smallest absolute Gasteiger partial charge is 0.0398 e. The molecule has 1 nitrogen and oxygen atoms in total. The number of fused-ring (bicyclic) bond motifs is 1. The summed E-state index contributed by atoms with van der Waals surface area (Å²) in [6.07, 6.45) is 4.87. The van der Waals surface area contributed by atoms with Crippen LogP contribution in [0.5, 0.6) is 0 Å². The lowest BCUT2D eigenvalue weighted by atomic mass is 10.1. The summed E-state index contributed by atoms with van der Waals surface area (Å²) in [6.45, 7) is 6.24. The number of anilines is 1. The van der Waals surface area contributed by atoms with Crippen LogP contribution in [0.2, 0.25) is 0 Å². The highest BCUT2D eigenvalue weighted by atomic mass is 15.1. The van der Waals surface area contributed by atoms with Crippen molar-refractivity contribution in [1.29, 1.82) is 0 Å². The Morgan fingerprint density at radius 2 is 2.07 bits per heavy atom. The fourth-order valence-electron chi connectivity index (χ4n) is 2.19. The number of hydrogen-bond donors (Lipinski definition) is 0. The van der Waals surface area contributed by atoms with E-state index in [0.717, 1.165) is 13.0 Å². The predicted molar refractivity (Wildman–Crippen MR) is 61.6 cm³/mol.